The van der Waals surface area contributed by atoms with Gasteiger partial charge < -0.3 is 10.4 Å². The van der Waals surface area contributed by atoms with Crippen molar-refractivity contribution < 1.29 is 19.5 Å². The summed E-state index contributed by atoms with van der Waals surface area (Å²) in [6, 6.07) is 13.0. The number of hydrogen-bond donors (Lipinski definition) is 3. The zero-order chi connectivity index (χ0) is 22.2. The second-order valence-electron chi connectivity index (χ2n) is 5.98. The van der Waals surface area contributed by atoms with Crippen molar-refractivity contribution in [2.24, 2.45) is 0 Å². The van der Waals surface area contributed by atoms with Gasteiger partial charge in [0.25, 0.3) is 5.91 Å². The zero-order valence-corrected chi connectivity index (χ0v) is 18.8. The highest BCUT2D eigenvalue weighted by Crippen LogP contribution is 2.23. The fourth-order valence-corrected chi connectivity index (χ4v) is 4.44. The Balaban J connectivity index is 1.52. The first kappa shape index (κ1) is 22.8. The van der Waals surface area contributed by atoms with Crippen LogP contribution in [0.4, 0.5) is 10.8 Å². The Morgan fingerprint density at radius 1 is 1.00 bits per heavy atom. The van der Waals surface area contributed by atoms with E-state index in [2.05, 4.69) is 20.0 Å². The van der Waals surface area contributed by atoms with Gasteiger partial charge >= 0.3 is 5.97 Å². The van der Waals surface area contributed by atoms with Crippen LogP contribution in [0.25, 0.3) is 0 Å². The summed E-state index contributed by atoms with van der Waals surface area (Å²) in [5.41, 5.74) is 0.546. The van der Waals surface area contributed by atoms with Crippen LogP contribution in [0.3, 0.4) is 0 Å². The molecule has 0 saturated carbocycles. The third-order valence-corrected chi connectivity index (χ3v) is 6.30. The fourth-order valence-electron chi connectivity index (χ4n) is 2.45. The standard InChI is InChI=1S/C20H18N4O4S3/c1-2-29-20-23-19(31-24-20)22-16(25)11-30-13-9-7-12(8-10-13)21-17(26)14-5-3-4-6-15(14)18(27)28/h3-10H,2,11H2,1H3,(H,21,26)(H,27,28)(H,22,23,24,25). The van der Waals surface area contributed by atoms with Gasteiger partial charge in [-0.05, 0) is 42.2 Å². The van der Waals surface area contributed by atoms with Crippen LogP contribution in [0.15, 0.2) is 58.6 Å². The van der Waals surface area contributed by atoms with Crippen LogP contribution in [-0.2, 0) is 4.79 Å². The average molecular weight is 475 g/mol. The second kappa shape index (κ2) is 10.9. The van der Waals surface area contributed by atoms with Crippen LogP contribution >= 0.6 is 35.1 Å². The average Bonchev–Trinajstić information content (AvgIpc) is 3.20. The van der Waals surface area contributed by atoms with E-state index < -0.39 is 11.9 Å². The predicted molar refractivity (Wildman–Crippen MR) is 123 cm³/mol. The Labute approximate surface area is 191 Å². The maximum atomic E-state index is 12.4. The Morgan fingerprint density at radius 3 is 2.39 bits per heavy atom. The van der Waals surface area contributed by atoms with E-state index in [4.69, 9.17) is 0 Å². The summed E-state index contributed by atoms with van der Waals surface area (Å²) in [4.78, 5) is 40.9. The Kier molecular flexibility index (Phi) is 8.04. The summed E-state index contributed by atoms with van der Waals surface area (Å²) < 4.78 is 4.15. The van der Waals surface area contributed by atoms with Gasteiger partial charge in [0, 0.05) is 22.1 Å². The molecule has 0 radical (unpaired) electrons. The number of carbonyl (C=O) groups is 3. The molecular formula is C20H18N4O4S3. The maximum absolute atomic E-state index is 12.4. The van der Waals surface area contributed by atoms with Crippen molar-refractivity contribution in [3.8, 4) is 0 Å². The van der Waals surface area contributed by atoms with E-state index in [1.165, 1.54) is 35.7 Å². The molecule has 0 bridgehead atoms. The van der Waals surface area contributed by atoms with Crippen molar-refractivity contribution in [3.63, 3.8) is 0 Å². The number of amides is 2. The van der Waals surface area contributed by atoms with Gasteiger partial charge in [0.2, 0.25) is 16.2 Å². The van der Waals surface area contributed by atoms with Crippen molar-refractivity contribution in [2.75, 3.05) is 22.1 Å². The number of anilines is 2. The van der Waals surface area contributed by atoms with Crippen molar-refractivity contribution in [1.29, 1.82) is 0 Å². The quantitative estimate of drug-likeness (QED) is 0.392. The molecule has 3 N–H and O–H groups in total. The van der Waals surface area contributed by atoms with Gasteiger partial charge in [0.15, 0.2) is 0 Å². The highest BCUT2D eigenvalue weighted by atomic mass is 32.2. The van der Waals surface area contributed by atoms with E-state index >= 15 is 0 Å². The van der Waals surface area contributed by atoms with Crippen LogP contribution in [0, 0.1) is 0 Å². The van der Waals surface area contributed by atoms with Crippen LogP contribution in [0.5, 0.6) is 0 Å². The number of nitrogens with one attached hydrogen (secondary N) is 2. The van der Waals surface area contributed by atoms with Crippen LogP contribution in [-0.4, -0.2) is 43.8 Å². The summed E-state index contributed by atoms with van der Waals surface area (Å²) in [5, 5.41) is 15.8. The molecule has 0 aliphatic rings. The SMILES string of the molecule is CCSc1nsc(NC(=O)CSc2ccc(NC(=O)c3ccccc3C(=O)O)cc2)n1. The first-order valence-electron chi connectivity index (χ1n) is 9.09. The maximum Gasteiger partial charge on any atom is 0.336 e. The molecule has 3 rings (SSSR count). The molecule has 8 nitrogen and oxygen atoms in total. The number of aromatic carboxylic acids is 1. The molecule has 0 fully saturated rings. The van der Waals surface area contributed by atoms with Gasteiger partial charge in [0.05, 0.1) is 16.9 Å². The van der Waals surface area contributed by atoms with Crippen LogP contribution in [0.1, 0.15) is 27.6 Å². The lowest BCUT2D eigenvalue weighted by Gasteiger charge is -2.08. The van der Waals surface area contributed by atoms with E-state index in [0.717, 1.165) is 22.2 Å². The molecule has 0 aliphatic carbocycles. The minimum atomic E-state index is -1.16. The number of thioether (sulfide) groups is 2. The minimum absolute atomic E-state index is 0.0611. The second-order valence-corrected chi connectivity index (χ2v) is 9.01. The van der Waals surface area contributed by atoms with E-state index in [-0.39, 0.29) is 22.8 Å². The van der Waals surface area contributed by atoms with Gasteiger partial charge in [0.1, 0.15) is 0 Å². The molecule has 1 aromatic heterocycles. The summed E-state index contributed by atoms with van der Waals surface area (Å²) >= 11 is 4.00. The summed E-state index contributed by atoms with van der Waals surface area (Å²) in [7, 11) is 0. The molecular weight excluding hydrogens is 456 g/mol. The van der Waals surface area contributed by atoms with Crippen molar-refractivity contribution in [2.45, 2.75) is 17.0 Å². The van der Waals surface area contributed by atoms with E-state index in [1.807, 2.05) is 6.92 Å². The largest absolute Gasteiger partial charge is 0.478 e. The highest BCUT2D eigenvalue weighted by Gasteiger charge is 2.16. The summed E-state index contributed by atoms with van der Waals surface area (Å²) in [6.07, 6.45) is 0. The van der Waals surface area contributed by atoms with Crippen LogP contribution in [0.2, 0.25) is 0 Å². The molecule has 0 spiro atoms. The first-order valence-corrected chi connectivity index (χ1v) is 11.8. The van der Waals surface area contributed by atoms with E-state index in [9.17, 15) is 19.5 Å². The molecule has 0 aliphatic heterocycles. The Bertz CT molecular complexity index is 1090. The van der Waals surface area contributed by atoms with Gasteiger partial charge in [-0.1, -0.05) is 30.8 Å². The fraction of sp³-hybridized carbons (Fsp3) is 0.150. The Morgan fingerprint density at radius 2 is 1.71 bits per heavy atom. The molecule has 0 saturated heterocycles. The highest BCUT2D eigenvalue weighted by molar-refractivity contribution is 8.00. The number of rotatable bonds is 9. The van der Waals surface area contributed by atoms with Gasteiger partial charge in [-0.2, -0.15) is 9.36 Å². The molecule has 3 aromatic rings. The lowest BCUT2D eigenvalue weighted by molar-refractivity contribution is -0.113. The zero-order valence-electron chi connectivity index (χ0n) is 16.3. The number of benzene rings is 2. The topological polar surface area (TPSA) is 121 Å². The number of aromatic nitrogens is 2. The Hall–Kier alpha value is -2.89. The summed E-state index contributed by atoms with van der Waals surface area (Å²) in [5.74, 6) is -0.785. The number of carbonyl (C=O) groups excluding carboxylic acids is 2. The number of hydrogen-bond acceptors (Lipinski definition) is 8. The number of carboxylic acids is 1. The molecule has 2 amide bonds. The third-order valence-electron chi connectivity index (χ3n) is 3.81. The summed E-state index contributed by atoms with van der Waals surface area (Å²) in [6.45, 7) is 2.01. The van der Waals surface area contributed by atoms with Crippen LogP contribution < -0.4 is 10.6 Å². The molecule has 0 unspecified atom stereocenters. The third kappa shape index (κ3) is 6.54. The number of carboxylic acid groups (broad SMARTS) is 1. The normalized spacial score (nSPS) is 10.5. The van der Waals surface area contributed by atoms with Gasteiger partial charge in [-0.15, -0.1) is 11.8 Å². The lowest BCUT2D eigenvalue weighted by Crippen LogP contribution is -2.16. The van der Waals surface area contributed by atoms with Gasteiger partial charge in [-0.25, -0.2) is 4.79 Å². The lowest BCUT2D eigenvalue weighted by atomic mass is 10.1. The predicted octanol–water partition coefficient (Wildman–Crippen LogP) is 4.33. The van der Waals surface area contributed by atoms with Gasteiger partial charge in [-0.3, -0.25) is 14.9 Å². The smallest absolute Gasteiger partial charge is 0.336 e. The van der Waals surface area contributed by atoms with Crippen molar-refractivity contribution in [3.05, 3.63) is 59.7 Å². The number of nitrogens with zero attached hydrogens (tertiary/aromatic N) is 2. The first-order chi connectivity index (χ1) is 15.0. The van der Waals surface area contributed by atoms with E-state index in [0.29, 0.717) is 16.0 Å². The molecule has 160 valence electrons. The molecule has 1 heterocycles. The molecule has 2 aromatic carbocycles. The molecule has 31 heavy (non-hydrogen) atoms. The molecule has 11 heteroatoms. The van der Waals surface area contributed by atoms with Crippen molar-refractivity contribution >= 4 is 63.7 Å². The van der Waals surface area contributed by atoms with Crippen molar-refractivity contribution in [1.82, 2.24) is 9.36 Å². The van der Waals surface area contributed by atoms with E-state index in [1.54, 1.807) is 36.4 Å². The minimum Gasteiger partial charge on any atom is -0.478 e. The molecule has 0 atom stereocenters. The monoisotopic (exact) mass is 474 g/mol.